The van der Waals surface area contributed by atoms with Gasteiger partial charge in [-0.15, -0.1) is 0 Å². The second-order valence-corrected chi connectivity index (χ2v) is 3.82. The number of hydrogen-bond donors (Lipinski definition) is 1. The molecule has 1 aromatic heterocycles. The van der Waals surface area contributed by atoms with E-state index in [1.54, 1.807) is 31.6 Å². The molecular formula is C14H14FN3. The van der Waals surface area contributed by atoms with Gasteiger partial charge >= 0.3 is 0 Å². The molecule has 0 saturated carbocycles. The van der Waals surface area contributed by atoms with Gasteiger partial charge in [0.05, 0.1) is 5.71 Å². The van der Waals surface area contributed by atoms with Crippen molar-refractivity contribution in [3.8, 4) is 0 Å². The number of benzene rings is 1. The molecule has 0 amide bonds. The maximum atomic E-state index is 12.9. The van der Waals surface area contributed by atoms with Crippen molar-refractivity contribution in [1.82, 2.24) is 10.4 Å². The van der Waals surface area contributed by atoms with E-state index < -0.39 is 0 Å². The topological polar surface area (TPSA) is 37.3 Å². The van der Waals surface area contributed by atoms with Crippen molar-refractivity contribution in [3.63, 3.8) is 0 Å². The van der Waals surface area contributed by atoms with Crippen LogP contribution in [0.2, 0.25) is 0 Å². The van der Waals surface area contributed by atoms with Crippen molar-refractivity contribution in [3.05, 3.63) is 65.7 Å². The highest BCUT2D eigenvalue weighted by atomic mass is 19.1. The first-order valence-electron chi connectivity index (χ1n) is 5.68. The van der Waals surface area contributed by atoms with E-state index in [4.69, 9.17) is 0 Å². The minimum atomic E-state index is -0.244. The van der Waals surface area contributed by atoms with Crippen LogP contribution in [0, 0.1) is 5.82 Å². The number of nitrogens with zero attached hydrogens (tertiary/aromatic N) is 2. The lowest BCUT2D eigenvalue weighted by Crippen LogP contribution is -2.10. The van der Waals surface area contributed by atoms with Crippen molar-refractivity contribution < 1.29 is 4.39 Å². The first-order chi connectivity index (χ1) is 8.79. The lowest BCUT2D eigenvalue weighted by atomic mass is 10.0. The summed E-state index contributed by atoms with van der Waals surface area (Å²) in [7, 11) is 1.75. The maximum Gasteiger partial charge on any atom is 0.123 e. The molecule has 0 aliphatic carbocycles. The summed E-state index contributed by atoms with van der Waals surface area (Å²) in [6, 6.07) is 10.2. The van der Waals surface area contributed by atoms with E-state index in [-0.39, 0.29) is 5.82 Å². The molecule has 1 heterocycles. The quantitative estimate of drug-likeness (QED) is 0.661. The number of halogens is 1. The van der Waals surface area contributed by atoms with Crippen LogP contribution < -0.4 is 5.43 Å². The van der Waals surface area contributed by atoms with Crippen molar-refractivity contribution in [1.29, 1.82) is 0 Å². The van der Waals surface area contributed by atoms with Gasteiger partial charge in [0, 0.05) is 25.9 Å². The molecule has 3 nitrogen and oxygen atoms in total. The Kier molecular flexibility index (Phi) is 4.02. The van der Waals surface area contributed by atoms with E-state index in [1.165, 1.54) is 12.1 Å². The molecule has 0 unspecified atom stereocenters. The number of nitrogens with one attached hydrogen (secondary N) is 1. The summed E-state index contributed by atoms with van der Waals surface area (Å²) < 4.78 is 12.9. The molecule has 0 saturated heterocycles. The number of pyridine rings is 1. The zero-order valence-electron chi connectivity index (χ0n) is 10.1. The highest BCUT2D eigenvalue weighted by Gasteiger charge is 2.05. The van der Waals surface area contributed by atoms with Gasteiger partial charge in [-0.1, -0.05) is 12.1 Å². The zero-order chi connectivity index (χ0) is 12.8. The van der Waals surface area contributed by atoms with Crippen LogP contribution in [0.3, 0.4) is 0 Å². The van der Waals surface area contributed by atoms with Gasteiger partial charge < -0.3 is 5.43 Å². The van der Waals surface area contributed by atoms with E-state index in [0.29, 0.717) is 6.42 Å². The number of aromatic nitrogens is 1. The van der Waals surface area contributed by atoms with E-state index in [2.05, 4.69) is 15.5 Å². The summed E-state index contributed by atoms with van der Waals surface area (Å²) in [6.07, 6.45) is 4.17. The average Bonchev–Trinajstić information content (AvgIpc) is 2.40. The number of hydrazone groups is 1. The molecule has 92 valence electrons. The lowest BCUT2D eigenvalue weighted by molar-refractivity contribution is 0.627. The summed E-state index contributed by atoms with van der Waals surface area (Å²) in [4.78, 5) is 3.98. The van der Waals surface area contributed by atoms with Crippen LogP contribution in [0.1, 0.15) is 11.1 Å². The molecule has 0 fully saturated rings. The van der Waals surface area contributed by atoms with Crippen LogP contribution in [-0.4, -0.2) is 17.7 Å². The SMILES string of the molecule is CN/N=C(\Cc1ccncc1)c1ccc(F)cc1. The van der Waals surface area contributed by atoms with Gasteiger partial charge in [-0.25, -0.2) is 4.39 Å². The molecule has 0 radical (unpaired) electrons. The molecule has 0 atom stereocenters. The Bertz CT molecular complexity index is 520. The van der Waals surface area contributed by atoms with Crippen LogP contribution in [0.4, 0.5) is 4.39 Å². The van der Waals surface area contributed by atoms with Gasteiger partial charge in [0.1, 0.15) is 5.82 Å². The summed E-state index contributed by atoms with van der Waals surface area (Å²) in [5.41, 5.74) is 5.66. The fourth-order valence-corrected chi connectivity index (χ4v) is 1.68. The standard InChI is InChI=1S/C14H14FN3/c1-16-18-14(10-11-6-8-17-9-7-11)12-2-4-13(15)5-3-12/h2-9,16H,10H2,1H3/b18-14+. The number of rotatable bonds is 4. The Morgan fingerprint density at radius 2 is 1.83 bits per heavy atom. The minimum Gasteiger partial charge on any atom is -0.313 e. The predicted molar refractivity (Wildman–Crippen MR) is 69.9 cm³/mol. The molecule has 2 aromatic rings. The molecule has 1 N–H and O–H groups in total. The van der Waals surface area contributed by atoms with E-state index in [1.807, 2.05) is 12.1 Å². The van der Waals surface area contributed by atoms with Crippen LogP contribution in [0.25, 0.3) is 0 Å². The van der Waals surface area contributed by atoms with Crippen molar-refractivity contribution in [2.24, 2.45) is 5.10 Å². The fourth-order valence-electron chi connectivity index (χ4n) is 1.68. The molecule has 0 aliphatic rings. The van der Waals surface area contributed by atoms with Gasteiger partial charge in [0.15, 0.2) is 0 Å². The smallest absolute Gasteiger partial charge is 0.123 e. The Morgan fingerprint density at radius 3 is 2.44 bits per heavy atom. The molecule has 18 heavy (non-hydrogen) atoms. The third-order valence-electron chi connectivity index (χ3n) is 2.55. The van der Waals surface area contributed by atoms with E-state index in [0.717, 1.165) is 16.8 Å². The fraction of sp³-hybridized carbons (Fsp3) is 0.143. The first kappa shape index (κ1) is 12.2. The maximum absolute atomic E-state index is 12.9. The van der Waals surface area contributed by atoms with Crippen LogP contribution in [0.15, 0.2) is 53.9 Å². The Labute approximate surface area is 105 Å². The molecule has 0 spiro atoms. The van der Waals surface area contributed by atoms with Crippen molar-refractivity contribution >= 4 is 5.71 Å². The zero-order valence-corrected chi connectivity index (χ0v) is 10.1. The summed E-state index contributed by atoms with van der Waals surface area (Å²) in [5, 5.41) is 4.24. The number of hydrogen-bond acceptors (Lipinski definition) is 3. The third-order valence-corrected chi connectivity index (χ3v) is 2.55. The monoisotopic (exact) mass is 243 g/mol. The Hall–Kier alpha value is -2.23. The van der Waals surface area contributed by atoms with Crippen molar-refractivity contribution in [2.75, 3.05) is 7.05 Å². The van der Waals surface area contributed by atoms with Gasteiger partial charge in [-0.2, -0.15) is 5.10 Å². The van der Waals surface area contributed by atoms with Crippen LogP contribution in [0.5, 0.6) is 0 Å². The molecule has 0 aliphatic heterocycles. The van der Waals surface area contributed by atoms with Gasteiger partial charge in [0.25, 0.3) is 0 Å². The molecule has 4 heteroatoms. The van der Waals surface area contributed by atoms with Crippen LogP contribution >= 0.6 is 0 Å². The van der Waals surface area contributed by atoms with E-state index >= 15 is 0 Å². The molecule has 0 bridgehead atoms. The first-order valence-corrected chi connectivity index (χ1v) is 5.68. The third kappa shape index (κ3) is 3.13. The molecule has 2 rings (SSSR count). The predicted octanol–water partition coefficient (Wildman–Crippen LogP) is 2.39. The summed E-state index contributed by atoms with van der Waals surface area (Å²) in [6.45, 7) is 0. The molecular weight excluding hydrogens is 229 g/mol. The van der Waals surface area contributed by atoms with E-state index in [9.17, 15) is 4.39 Å². The normalized spacial score (nSPS) is 11.3. The van der Waals surface area contributed by atoms with Gasteiger partial charge in [-0.05, 0) is 35.4 Å². The van der Waals surface area contributed by atoms with Crippen LogP contribution in [-0.2, 0) is 6.42 Å². The average molecular weight is 243 g/mol. The second kappa shape index (κ2) is 5.91. The van der Waals surface area contributed by atoms with Crippen molar-refractivity contribution in [2.45, 2.75) is 6.42 Å². The molecule has 1 aromatic carbocycles. The summed E-state index contributed by atoms with van der Waals surface area (Å²) >= 11 is 0. The Balaban J connectivity index is 2.24. The highest BCUT2D eigenvalue weighted by Crippen LogP contribution is 2.09. The Morgan fingerprint density at radius 1 is 1.17 bits per heavy atom. The highest BCUT2D eigenvalue weighted by molar-refractivity contribution is 6.01. The van der Waals surface area contributed by atoms with Gasteiger partial charge in [0.2, 0.25) is 0 Å². The largest absolute Gasteiger partial charge is 0.313 e. The van der Waals surface area contributed by atoms with Gasteiger partial charge in [-0.3, -0.25) is 4.98 Å². The second-order valence-electron chi connectivity index (χ2n) is 3.82. The summed E-state index contributed by atoms with van der Waals surface area (Å²) in [5.74, 6) is -0.244. The minimum absolute atomic E-state index is 0.244. The lowest BCUT2D eigenvalue weighted by Gasteiger charge is -2.06.